The molecule has 0 saturated heterocycles. The molecule has 3 nitrogen and oxygen atoms in total. The van der Waals surface area contributed by atoms with Crippen LogP contribution in [0.3, 0.4) is 0 Å². The van der Waals surface area contributed by atoms with Gasteiger partial charge in [0.15, 0.2) is 0 Å². The van der Waals surface area contributed by atoms with Gasteiger partial charge in [-0.15, -0.1) is 0 Å². The molecule has 0 bridgehead atoms. The molecule has 4 rings (SSSR count). The molecule has 4 aliphatic rings. The molecule has 2 N–H and O–H groups in total. The Balaban J connectivity index is 1.51. The molecule has 0 aromatic heterocycles. The van der Waals surface area contributed by atoms with Crippen molar-refractivity contribution in [3.05, 3.63) is 0 Å². The molecule has 0 radical (unpaired) electrons. The van der Waals surface area contributed by atoms with E-state index in [2.05, 4.69) is 20.8 Å². The van der Waals surface area contributed by atoms with E-state index in [9.17, 15) is 15.0 Å². The second-order valence-electron chi connectivity index (χ2n) is 12.6. The zero-order valence-electron chi connectivity index (χ0n) is 20.1. The smallest absolute Gasteiger partial charge is 0.135 e. The molecule has 3 unspecified atom stereocenters. The highest BCUT2D eigenvalue weighted by atomic mass is 16.3. The maximum absolute atomic E-state index is 12.2. The maximum atomic E-state index is 12.2. The van der Waals surface area contributed by atoms with Crippen LogP contribution < -0.4 is 0 Å². The number of carbonyl (C=O) groups excluding carboxylic acids is 1. The Morgan fingerprint density at radius 2 is 1.60 bits per heavy atom. The van der Waals surface area contributed by atoms with Crippen molar-refractivity contribution in [1.29, 1.82) is 0 Å². The molecular weight excluding hydrogens is 372 g/mol. The first-order valence-electron chi connectivity index (χ1n) is 13.0. The number of aliphatic hydroxyl groups is 2. The van der Waals surface area contributed by atoms with Crippen molar-refractivity contribution in [1.82, 2.24) is 0 Å². The van der Waals surface area contributed by atoms with Gasteiger partial charge in [-0.05, 0) is 104 Å². The molecule has 0 spiro atoms. The first-order valence-corrected chi connectivity index (χ1v) is 13.0. The Morgan fingerprint density at radius 1 is 0.933 bits per heavy atom. The molecule has 0 aliphatic heterocycles. The zero-order valence-corrected chi connectivity index (χ0v) is 20.1. The first-order chi connectivity index (χ1) is 14.1. The largest absolute Gasteiger partial charge is 0.393 e. The fourth-order valence-corrected chi connectivity index (χ4v) is 9.04. The lowest BCUT2D eigenvalue weighted by Crippen LogP contribution is -2.58. The number of hydrogen-bond acceptors (Lipinski definition) is 3. The van der Waals surface area contributed by atoms with Crippen LogP contribution >= 0.6 is 0 Å². The van der Waals surface area contributed by atoms with Crippen LogP contribution in [0.15, 0.2) is 0 Å². The third-order valence-corrected chi connectivity index (χ3v) is 10.9. The predicted octanol–water partition coefficient (Wildman–Crippen LogP) is 5.62. The van der Waals surface area contributed by atoms with Crippen LogP contribution in [0.25, 0.3) is 0 Å². The van der Waals surface area contributed by atoms with Gasteiger partial charge in [-0.25, -0.2) is 0 Å². The van der Waals surface area contributed by atoms with Gasteiger partial charge in [0.2, 0.25) is 0 Å². The molecule has 0 aromatic carbocycles. The number of Topliss-reactive ketones (excluding diaryl/α,β-unsaturated/α-hetero) is 1. The van der Waals surface area contributed by atoms with E-state index >= 15 is 0 Å². The van der Waals surface area contributed by atoms with E-state index in [-0.39, 0.29) is 18.1 Å². The molecular formula is C27H46O3. The van der Waals surface area contributed by atoms with Gasteiger partial charge in [0.05, 0.1) is 12.2 Å². The van der Waals surface area contributed by atoms with Gasteiger partial charge in [0, 0.05) is 12.3 Å². The quantitative estimate of drug-likeness (QED) is 0.609. The van der Waals surface area contributed by atoms with Crippen molar-refractivity contribution in [2.75, 3.05) is 0 Å². The van der Waals surface area contributed by atoms with Crippen molar-refractivity contribution < 1.29 is 15.0 Å². The highest BCUT2D eigenvalue weighted by molar-refractivity contribution is 5.80. The van der Waals surface area contributed by atoms with E-state index in [0.717, 1.165) is 38.5 Å². The molecule has 0 aromatic rings. The van der Waals surface area contributed by atoms with Crippen LogP contribution in [0.4, 0.5) is 0 Å². The van der Waals surface area contributed by atoms with E-state index in [1.807, 2.05) is 13.8 Å². The maximum Gasteiger partial charge on any atom is 0.135 e. The summed E-state index contributed by atoms with van der Waals surface area (Å²) < 4.78 is 0. The number of ketones is 1. The van der Waals surface area contributed by atoms with Crippen molar-refractivity contribution in [3.8, 4) is 0 Å². The highest BCUT2D eigenvalue weighted by Crippen LogP contribution is 2.68. The molecule has 3 heteroatoms. The fourth-order valence-electron chi connectivity index (χ4n) is 9.04. The molecule has 4 fully saturated rings. The summed E-state index contributed by atoms with van der Waals surface area (Å²) in [6, 6.07) is 0. The third-order valence-electron chi connectivity index (χ3n) is 10.9. The Kier molecular flexibility index (Phi) is 6.21. The Hall–Kier alpha value is -0.410. The highest BCUT2D eigenvalue weighted by Gasteiger charge is 2.62. The van der Waals surface area contributed by atoms with Crippen LogP contribution in [0.5, 0.6) is 0 Å². The van der Waals surface area contributed by atoms with Crippen molar-refractivity contribution >= 4 is 5.78 Å². The van der Waals surface area contributed by atoms with E-state index in [0.29, 0.717) is 52.1 Å². The summed E-state index contributed by atoms with van der Waals surface area (Å²) in [4.78, 5) is 12.2. The van der Waals surface area contributed by atoms with Gasteiger partial charge < -0.3 is 10.2 Å². The standard InChI is InChI=1S/C27H46O3/c1-16(2)23(29)9-6-17(3)20-7-8-21-25-22(11-13-27(20,21)5)26(4)12-10-19(28)14-18(26)15-24(25)30/h16-22,24-25,28,30H,6-15H2,1-5H3/t17-,18+,19?,20?,21+,22+,24?,25+,26+,27-/m1/s1. The monoisotopic (exact) mass is 418 g/mol. The predicted molar refractivity (Wildman–Crippen MR) is 121 cm³/mol. The van der Waals surface area contributed by atoms with Crippen molar-refractivity contribution in [2.24, 2.45) is 52.3 Å². The van der Waals surface area contributed by atoms with E-state index in [1.54, 1.807) is 0 Å². The van der Waals surface area contributed by atoms with E-state index in [1.165, 1.54) is 25.7 Å². The summed E-state index contributed by atoms with van der Waals surface area (Å²) in [5.41, 5.74) is 0.623. The minimum Gasteiger partial charge on any atom is -0.393 e. The van der Waals surface area contributed by atoms with Gasteiger partial charge in [0.1, 0.15) is 5.78 Å². The molecule has 10 atom stereocenters. The molecule has 0 amide bonds. The number of hydrogen-bond donors (Lipinski definition) is 2. The number of fused-ring (bicyclic) bond motifs is 5. The normalized spacial score (nSPS) is 49.3. The van der Waals surface area contributed by atoms with Gasteiger partial charge in [-0.2, -0.15) is 0 Å². The minimum atomic E-state index is -0.195. The lowest BCUT2D eigenvalue weighted by atomic mass is 9.43. The van der Waals surface area contributed by atoms with Gasteiger partial charge in [-0.3, -0.25) is 4.79 Å². The van der Waals surface area contributed by atoms with Crippen LogP contribution in [-0.2, 0) is 4.79 Å². The lowest BCUT2D eigenvalue weighted by molar-refractivity contribution is -0.174. The van der Waals surface area contributed by atoms with Gasteiger partial charge in [0.25, 0.3) is 0 Å². The lowest BCUT2D eigenvalue weighted by Gasteiger charge is -2.62. The number of rotatable bonds is 5. The second kappa shape index (κ2) is 8.18. The summed E-state index contributed by atoms with van der Waals surface area (Å²) in [6.45, 7) is 11.4. The second-order valence-corrected chi connectivity index (χ2v) is 12.6. The molecule has 0 heterocycles. The first kappa shape index (κ1) is 22.8. The summed E-state index contributed by atoms with van der Waals surface area (Å²) in [7, 11) is 0. The van der Waals surface area contributed by atoms with E-state index in [4.69, 9.17) is 0 Å². The summed E-state index contributed by atoms with van der Waals surface area (Å²) in [5, 5.41) is 21.6. The van der Waals surface area contributed by atoms with E-state index < -0.39 is 0 Å². The van der Waals surface area contributed by atoms with Crippen LogP contribution in [0.1, 0.15) is 98.8 Å². The summed E-state index contributed by atoms with van der Waals surface area (Å²) >= 11 is 0. The Labute approximate surface area is 184 Å². The summed E-state index contributed by atoms with van der Waals surface area (Å²) in [5.74, 6) is 4.01. The average molecular weight is 419 g/mol. The SMILES string of the molecule is CC(C)C(=O)CC[C@@H](C)C1CC[C@H]2[C@@H]3C(O)C[C@@H]4CC(O)CC[C@]4(C)[C@H]3CC[C@]12C. The van der Waals surface area contributed by atoms with Gasteiger partial charge in [-0.1, -0.05) is 34.6 Å². The zero-order chi connectivity index (χ0) is 21.8. The number of aliphatic hydroxyl groups excluding tert-OH is 2. The summed E-state index contributed by atoms with van der Waals surface area (Å²) in [6.07, 6.45) is 10.3. The third kappa shape index (κ3) is 3.60. The Morgan fingerprint density at radius 3 is 2.30 bits per heavy atom. The molecule has 4 aliphatic carbocycles. The molecule has 30 heavy (non-hydrogen) atoms. The van der Waals surface area contributed by atoms with Crippen molar-refractivity contribution in [3.63, 3.8) is 0 Å². The minimum absolute atomic E-state index is 0.152. The van der Waals surface area contributed by atoms with Crippen LogP contribution in [0.2, 0.25) is 0 Å². The number of carbonyl (C=O) groups is 1. The van der Waals surface area contributed by atoms with Gasteiger partial charge >= 0.3 is 0 Å². The average Bonchev–Trinajstić information content (AvgIpc) is 3.04. The van der Waals surface area contributed by atoms with Crippen LogP contribution in [-0.4, -0.2) is 28.2 Å². The fraction of sp³-hybridized carbons (Fsp3) is 0.963. The van der Waals surface area contributed by atoms with Crippen LogP contribution in [0, 0.1) is 52.3 Å². The topological polar surface area (TPSA) is 57.5 Å². The Bertz CT molecular complexity index is 644. The van der Waals surface area contributed by atoms with Crippen molar-refractivity contribution in [2.45, 2.75) is 111 Å². The molecule has 4 saturated carbocycles. The molecule has 172 valence electrons.